The summed E-state index contributed by atoms with van der Waals surface area (Å²) in [6.45, 7) is 3.59. The van der Waals surface area contributed by atoms with Gasteiger partial charge in [0.1, 0.15) is 0 Å². The van der Waals surface area contributed by atoms with Gasteiger partial charge in [0.25, 0.3) is 6.43 Å². The quantitative estimate of drug-likeness (QED) is 0.628. The van der Waals surface area contributed by atoms with Crippen molar-refractivity contribution >= 4 is 0 Å². The van der Waals surface area contributed by atoms with E-state index in [2.05, 4.69) is 0 Å². The smallest absolute Gasteiger partial charge is 0.253 e. The number of halogens is 2. The van der Waals surface area contributed by atoms with Gasteiger partial charge in [-0.25, -0.2) is 8.78 Å². The van der Waals surface area contributed by atoms with Crippen molar-refractivity contribution in [2.45, 2.75) is 32.7 Å². The molecule has 0 saturated heterocycles. The van der Waals surface area contributed by atoms with Crippen molar-refractivity contribution < 1.29 is 8.78 Å². The molecule has 0 spiro atoms. The Balaban J connectivity index is 3.58. The molecular formula is C6H13F2N. The normalized spacial score (nSPS) is 18.0. The van der Waals surface area contributed by atoms with E-state index in [0.29, 0.717) is 6.42 Å². The van der Waals surface area contributed by atoms with Gasteiger partial charge in [-0.05, 0) is 5.92 Å². The molecule has 2 atom stereocenters. The van der Waals surface area contributed by atoms with Crippen LogP contribution < -0.4 is 5.73 Å². The van der Waals surface area contributed by atoms with E-state index < -0.39 is 12.5 Å². The van der Waals surface area contributed by atoms with Gasteiger partial charge in [0.2, 0.25) is 0 Å². The van der Waals surface area contributed by atoms with E-state index in [1.165, 1.54) is 0 Å². The lowest BCUT2D eigenvalue weighted by Crippen LogP contribution is -2.35. The van der Waals surface area contributed by atoms with E-state index in [9.17, 15) is 8.78 Å². The van der Waals surface area contributed by atoms with Crippen LogP contribution in [0.5, 0.6) is 0 Å². The number of nitrogens with two attached hydrogens (primary N) is 1. The molecule has 0 rings (SSSR count). The average Bonchev–Trinajstić information content (AvgIpc) is 1.84. The summed E-state index contributed by atoms with van der Waals surface area (Å²) < 4.78 is 23.5. The molecule has 0 aromatic heterocycles. The lowest BCUT2D eigenvalue weighted by atomic mass is 10.0. The second kappa shape index (κ2) is 3.77. The summed E-state index contributed by atoms with van der Waals surface area (Å²) in [4.78, 5) is 0. The Morgan fingerprint density at radius 3 is 2.00 bits per heavy atom. The maximum atomic E-state index is 11.7. The second-order valence-corrected chi connectivity index (χ2v) is 2.30. The molecule has 1 nitrogen and oxygen atoms in total. The number of rotatable bonds is 3. The topological polar surface area (TPSA) is 26.0 Å². The van der Waals surface area contributed by atoms with Gasteiger partial charge in [-0.2, -0.15) is 0 Å². The number of alkyl halides is 2. The molecular weight excluding hydrogens is 124 g/mol. The van der Waals surface area contributed by atoms with E-state index >= 15 is 0 Å². The van der Waals surface area contributed by atoms with Crippen LogP contribution in [0.3, 0.4) is 0 Å². The maximum Gasteiger partial charge on any atom is 0.253 e. The molecule has 0 bridgehead atoms. The van der Waals surface area contributed by atoms with Crippen molar-refractivity contribution in [1.29, 1.82) is 0 Å². The van der Waals surface area contributed by atoms with Crippen molar-refractivity contribution in [2.24, 2.45) is 11.7 Å². The van der Waals surface area contributed by atoms with Crippen molar-refractivity contribution in [3.63, 3.8) is 0 Å². The lowest BCUT2D eigenvalue weighted by molar-refractivity contribution is 0.0914. The first-order chi connectivity index (χ1) is 4.09. The molecule has 0 radical (unpaired) electrons. The molecule has 0 amide bonds. The Morgan fingerprint density at radius 1 is 1.44 bits per heavy atom. The van der Waals surface area contributed by atoms with Crippen LogP contribution in [0, 0.1) is 5.92 Å². The SMILES string of the molecule is CCC(C)[C@H](N)C(F)F. The summed E-state index contributed by atoms with van der Waals surface area (Å²) in [7, 11) is 0. The van der Waals surface area contributed by atoms with Gasteiger partial charge in [-0.3, -0.25) is 0 Å². The van der Waals surface area contributed by atoms with Crippen LogP contribution >= 0.6 is 0 Å². The molecule has 2 N–H and O–H groups in total. The Hall–Kier alpha value is -0.180. The standard InChI is InChI=1S/C6H13F2N/c1-3-4(2)5(9)6(7)8/h4-6H,3,9H2,1-2H3/t4?,5-/m0/s1. The third-order valence-corrected chi connectivity index (χ3v) is 1.59. The van der Waals surface area contributed by atoms with Gasteiger partial charge in [0.05, 0.1) is 6.04 Å². The third-order valence-electron chi connectivity index (χ3n) is 1.59. The Labute approximate surface area is 54.2 Å². The highest BCUT2D eigenvalue weighted by Gasteiger charge is 2.20. The zero-order chi connectivity index (χ0) is 7.44. The minimum absolute atomic E-state index is 0.0787. The molecule has 0 aliphatic heterocycles. The lowest BCUT2D eigenvalue weighted by Gasteiger charge is -2.16. The molecule has 0 heterocycles. The van der Waals surface area contributed by atoms with Crippen LogP contribution in [0.4, 0.5) is 8.78 Å². The molecule has 0 fully saturated rings. The van der Waals surface area contributed by atoms with Crippen molar-refractivity contribution in [1.82, 2.24) is 0 Å². The minimum Gasteiger partial charge on any atom is -0.323 e. The van der Waals surface area contributed by atoms with Gasteiger partial charge in [-0.15, -0.1) is 0 Å². The predicted molar refractivity (Wildman–Crippen MR) is 33.4 cm³/mol. The van der Waals surface area contributed by atoms with E-state index in [4.69, 9.17) is 5.73 Å². The first-order valence-corrected chi connectivity index (χ1v) is 3.13. The molecule has 3 heteroatoms. The highest BCUT2D eigenvalue weighted by Crippen LogP contribution is 2.11. The number of hydrogen-bond donors (Lipinski definition) is 1. The molecule has 56 valence electrons. The molecule has 0 aromatic rings. The van der Waals surface area contributed by atoms with E-state index in [0.717, 1.165) is 0 Å². The molecule has 0 aliphatic carbocycles. The maximum absolute atomic E-state index is 11.7. The van der Waals surface area contributed by atoms with E-state index in [1.807, 2.05) is 6.92 Å². The first kappa shape index (κ1) is 8.82. The monoisotopic (exact) mass is 137 g/mol. The van der Waals surface area contributed by atoms with Crippen LogP contribution in [-0.2, 0) is 0 Å². The summed E-state index contributed by atoms with van der Waals surface area (Å²) in [5.41, 5.74) is 5.12. The van der Waals surface area contributed by atoms with Crippen LogP contribution in [0.15, 0.2) is 0 Å². The van der Waals surface area contributed by atoms with Crippen molar-refractivity contribution in [3.05, 3.63) is 0 Å². The van der Waals surface area contributed by atoms with Crippen molar-refractivity contribution in [3.8, 4) is 0 Å². The molecule has 0 saturated carbocycles. The second-order valence-electron chi connectivity index (χ2n) is 2.30. The zero-order valence-electron chi connectivity index (χ0n) is 5.77. The molecule has 0 aromatic carbocycles. The summed E-state index contributed by atoms with van der Waals surface area (Å²) in [6, 6.07) is -0.949. The number of hydrogen-bond acceptors (Lipinski definition) is 1. The highest BCUT2D eigenvalue weighted by atomic mass is 19.3. The summed E-state index contributed by atoms with van der Waals surface area (Å²) in [5.74, 6) is -0.0787. The summed E-state index contributed by atoms with van der Waals surface area (Å²) >= 11 is 0. The van der Waals surface area contributed by atoms with Crippen LogP contribution in [0.2, 0.25) is 0 Å². The molecule has 9 heavy (non-hydrogen) atoms. The van der Waals surface area contributed by atoms with Crippen LogP contribution in [-0.4, -0.2) is 12.5 Å². The van der Waals surface area contributed by atoms with Gasteiger partial charge in [0, 0.05) is 0 Å². The Bertz CT molecular complexity index is 75.5. The first-order valence-electron chi connectivity index (χ1n) is 3.13. The Morgan fingerprint density at radius 2 is 1.89 bits per heavy atom. The molecule has 1 unspecified atom stereocenters. The van der Waals surface area contributed by atoms with E-state index in [-0.39, 0.29) is 5.92 Å². The Kier molecular flexibility index (Phi) is 3.70. The minimum atomic E-state index is -2.38. The highest BCUT2D eigenvalue weighted by molar-refractivity contribution is 4.69. The predicted octanol–water partition coefficient (Wildman–Crippen LogP) is 1.62. The fraction of sp³-hybridized carbons (Fsp3) is 1.00. The van der Waals surface area contributed by atoms with E-state index in [1.54, 1.807) is 6.92 Å². The van der Waals surface area contributed by atoms with Crippen LogP contribution in [0.25, 0.3) is 0 Å². The van der Waals surface area contributed by atoms with Crippen molar-refractivity contribution in [2.75, 3.05) is 0 Å². The van der Waals surface area contributed by atoms with Gasteiger partial charge in [0.15, 0.2) is 0 Å². The summed E-state index contributed by atoms with van der Waals surface area (Å²) in [6.07, 6.45) is -1.66. The third kappa shape index (κ3) is 2.75. The fourth-order valence-electron chi connectivity index (χ4n) is 0.521. The summed E-state index contributed by atoms with van der Waals surface area (Å²) in [5, 5.41) is 0. The fourth-order valence-corrected chi connectivity index (χ4v) is 0.521. The molecule has 0 aliphatic rings. The van der Waals surface area contributed by atoms with Gasteiger partial charge in [-0.1, -0.05) is 20.3 Å². The largest absolute Gasteiger partial charge is 0.323 e. The zero-order valence-corrected chi connectivity index (χ0v) is 5.77. The van der Waals surface area contributed by atoms with Crippen LogP contribution in [0.1, 0.15) is 20.3 Å². The van der Waals surface area contributed by atoms with Gasteiger partial charge >= 0.3 is 0 Å². The van der Waals surface area contributed by atoms with Gasteiger partial charge < -0.3 is 5.73 Å². The average molecular weight is 137 g/mol.